The van der Waals surface area contributed by atoms with Gasteiger partial charge in [-0.1, -0.05) is 0 Å². The van der Waals surface area contributed by atoms with E-state index < -0.39 is 0 Å². The lowest BCUT2D eigenvalue weighted by molar-refractivity contribution is 0.285. The molecule has 0 amide bonds. The first kappa shape index (κ1) is 7.10. The quantitative estimate of drug-likeness (QED) is 0.632. The van der Waals surface area contributed by atoms with Gasteiger partial charge in [-0.15, -0.1) is 0 Å². The Labute approximate surface area is 67.2 Å². The highest BCUT2D eigenvalue weighted by Crippen LogP contribution is 2.30. The van der Waals surface area contributed by atoms with E-state index in [0.717, 1.165) is 25.6 Å². The molecule has 62 valence electrons. The molecule has 0 aromatic rings. The Kier molecular flexibility index (Phi) is 1.82. The molecule has 1 fully saturated rings. The van der Waals surface area contributed by atoms with Gasteiger partial charge in [0, 0.05) is 31.8 Å². The average molecular weight is 153 g/mol. The van der Waals surface area contributed by atoms with Crippen LogP contribution in [0.4, 0.5) is 0 Å². The van der Waals surface area contributed by atoms with Crippen molar-refractivity contribution in [1.29, 1.82) is 0 Å². The molecule has 1 heterocycles. The highest BCUT2D eigenvalue weighted by atomic mass is 15.5. The summed E-state index contributed by atoms with van der Waals surface area (Å²) >= 11 is 0. The molecule has 0 aromatic heterocycles. The maximum absolute atomic E-state index is 5.52. The van der Waals surface area contributed by atoms with Crippen molar-refractivity contribution in [2.45, 2.75) is 12.8 Å². The van der Waals surface area contributed by atoms with Crippen molar-refractivity contribution in [2.75, 3.05) is 19.6 Å². The Morgan fingerprint density at radius 3 is 2.91 bits per heavy atom. The van der Waals surface area contributed by atoms with Crippen LogP contribution in [0.15, 0.2) is 5.10 Å². The van der Waals surface area contributed by atoms with E-state index in [1.807, 2.05) is 6.21 Å². The van der Waals surface area contributed by atoms with Gasteiger partial charge in [0.05, 0.1) is 0 Å². The van der Waals surface area contributed by atoms with Gasteiger partial charge in [-0.05, 0) is 18.8 Å². The van der Waals surface area contributed by atoms with Gasteiger partial charge in [0.1, 0.15) is 0 Å². The smallest absolute Gasteiger partial charge is 0.0450 e. The van der Waals surface area contributed by atoms with Gasteiger partial charge in [-0.25, -0.2) is 0 Å². The normalized spacial score (nSPS) is 29.9. The zero-order valence-corrected chi connectivity index (χ0v) is 6.74. The minimum Gasteiger partial charge on any atom is -0.330 e. The fourth-order valence-electron chi connectivity index (χ4n) is 1.41. The van der Waals surface area contributed by atoms with Gasteiger partial charge >= 0.3 is 0 Å². The van der Waals surface area contributed by atoms with Crippen LogP contribution in [0.5, 0.6) is 0 Å². The number of nitrogens with zero attached hydrogens (tertiary/aromatic N) is 2. The van der Waals surface area contributed by atoms with E-state index in [1.165, 1.54) is 12.8 Å². The average Bonchev–Trinajstić information content (AvgIpc) is 2.68. The molecule has 1 saturated carbocycles. The Morgan fingerprint density at radius 2 is 2.36 bits per heavy atom. The predicted octanol–water partition coefficient (Wildman–Crippen LogP) is 0.273. The SMILES string of the molecule is NCC1C=NN(CC2CC2)C1. The minimum absolute atomic E-state index is 0.508. The van der Waals surface area contributed by atoms with Crippen molar-refractivity contribution in [2.24, 2.45) is 22.7 Å². The van der Waals surface area contributed by atoms with E-state index >= 15 is 0 Å². The van der Waals surface area contributed by atoms with E-state index in [2.05, 4.69) is 10.1 Å². The van der Waals surface area contributed by atoms with Gasteiger partial charge in [0.25, 0.3) is 0 Å². The molecular formula is C8H15N3. The Bertz CT molecular complexity index is 163. The molecule has 11 heavy (non-hydrogen) atoms. The van der Waals surface area contributed by atoms with Crippen LogP contribution in [-0.4, -0.2) is 30.9 Å². The molecule has 2 N–H and O–H groups in total. The number of hydrazone groups is 1. The monoisotopic (exact) mass is 153 g/mol. The first-order chi connectivity index (χ1) is 5.38. The molecule has 0 radical (unpaired) electrons. The highest BCUT2D eigenvalue weighted by molar-refractivity contribution is 5.62. The Balaban J connectivity index is 1.75. The van der Waals surface area contributed by atoms with E-state index in [4.69, 9.17) is 5.73 Å². The van der Waals surface area contributed by atoms with Crippen LogP contribution in [0.1, 0.15) is 12.8 Å². The lowest BCUT2D eigenvalue weighted by Crippen LogP contribution is -2.24. The molecular weight excluding hydrogens is 138 g/mol. The first-order valence-electron chi connectivity index (χ1n) is 4.37. The molecule has 3 heteroatoms. The highest BCUT2D eigenvalue weighted by Gasteiger charge is 2.26. The summed E-state index contributed by atoms with van der Waals surface area (Å²) in [6.45, 7) is 2.95. The lowest BCUT2D eigenvalue weighted by atomic mass is 10.2. The Morgan fingerprint density at radius 1 is 1.55 bits per heavy atom. The van der Waals surface area contributed by atoms with Crippen LogP contribution in [0, 0.1) is 11.8 Å². The summed E-state index contributed by atoms with van der Waals surface area (Å²) in [6, 6.07) is 0. The number of rotatable bonds is 3. The topological polar surface area (TPSA) is 41.6 Å². The van der Waals surface area contributed by atoms with Crippen molar-refractivity contribution in [1.82, 2.24) is 5.01 Å². The van der Waals surface area contributed by atoms with Gasteiger partial charge < -0.3 is 5.73 Å². The van der Waals surface area contributed by atoms with Gasteiger partial charge in [0.15, 0.2) is 0 Å². The third-order valence-corrected chi connectivity index (χ3v) is 2.35. The summed E-state index contributed by atoms with van der Waals surface area (Å²) in [5.41, 5.74) is 5.52. The van der Waals surface area contributed by atoms with Crippen molar-refractivity contribution in [3.05, 3.63) is 0 Å². The second-order valence-corrected chi connectivity index (χ2v) is 3.58. The van der Waals surface area contributed by atoms with Crippen LogP contribution in [0.2, 0.25) is 0 Å². The number of hydrogen-bond donors (Lipinski definition) is 1. The zero-order valence-electron chi connectivity index (χ0n) is 6.74. The number of hydrogen-bond acceptors (Lipinski definition) is 3. The van der Waals surface area contributed by atoms with Gasteiger partial charge in [-0.3, -0.25) is 5.01 Å². The molecule has 2 rings (SSSR count). The van der Waals surface area contributed by atoms with E-state index in [9.17, 15) is 0 Å². The first-order valence-corrected chi connectivity index (χ1v) is 4.37. The maximum atomic E-state index is 5.52. The van der Waals surface area contributed by atoms with Crippen LogP contribution in [0.25, 0.3) is 0 Å². The summed E-state index contributed by atoms with van der Waals surface area (Å²) in [7, 11) is 0. The lowest BCUT2D eigenvalue weighted by Gasteiger charge is -2.14. The molecule has 3 nitrogen and oxygen atoms in total. The predicted molar refractivity (Wildman–Crippen MR) is 45.3 cm³/mol. The van der Waals surface area contributed by atoms with E-state index in [-0.39, 0.29) is 0 Å². The molecule has 0 bridgehead atoms. The van der Waals surface area contributed by atoms with Gasteiger partial charge in [-0.2, -0.15) is 5.10 Å². The fraction of sp³-hybridized carbons (Fsp3) is 0.875. The van der Waals surface area contributed by atoms with Crippen LogP contribution >= 0.6 is 0 Å². The summed E-state index contributed by atoms with van der Waals surface area (Å²) in [5.74, 6) is 1.44. The van der Waals surface area contributed by atoms with Crippen LogP contribution < -0.4 is 5.73 Å². The summed E-state index contributed by atoms with van der Waals surface area (Å²) in [6.07, 6.45) is 4.79. The summed E-state index contributed by atoms with van der Waals surface area (Å²) in [5, 5.41) is 6.46. The molecule has 1 aliphatic carbocycles. The molecule has 1 aliphatic heterocycles. The standard InChI is InChI=1S/C8H15N3/c9-3-8-4-10-11(6-8)5-7-1-2-7/h4,7-8H,1-3,5-6,9H2. The number of nitrogens with two attached hydrogens (primary N) is 1. The van der Waals surface area contributed by atoms with Gasteiger partial charge in [0.2, 0.25) is 0 Å². The van der Waals surface area contributed by atoms with E-state index in [0.29, 0.717) is 5.92 Å². The molecule has 0 spiro atoms. The summed E-state index contributed by atoms with van der Waals surface area (Å²) in [4.78, 5) is 0. The zero-order chi connectivity index (χ0) is 7.68. The van der Waals surface area contributed by atoms with Crippen molar-refractivity contribution in [3.8, 4) is 0 Å². The largest absolute Gasteiger partial charge is 0.330 e. The van der Waals surface area contributed by atoms with Crippen molar-refractivity contribution < 1.29 is 0 Å². The fourth-order valence-corrected chi connectivity index (χ4v) is 1.41. The van der Waals surface area contributed by atoms with Crippen molar-refractivity contribution >= 4 is 6.21 Å². The molecule has 0 saturated heterocycles. The second kappa shape index (κ2) is 2.81. The maximum Gasteiger partial charge on any atom is 0.0450 e. The third kappa shape index (κ3) is 1.71. The van der Waals surface area contributed by atoms with Crippen molar-refractivity contribution in [3.63, 3.8) is 0 Å². The summed E-state index contributed by atoms with van der Waals surface area (Å²) < 4.78 is 0. The van der Waals surface area contributed by atoms with Crippen LogP contribution in [-0.2, 0) is 0 Å². The van der Waals surface area contributed by atoms with Crippen LogP contribution in [0.3, 0.4) is 0 Å². The van der Waals surface area contributed by atoms with E-state index in [1.54, 1.807) is 0 Å². The molecule has 2 aliphatic rings. The molecule has 0 aromatic carbocycles. The molecule has 1 atom stereocenters. The minimum atomic E-state index is 0.508. The third-order valence-electron chi connectivity index (χ3n) is 2.35. The Hall–Kier alpha value is -0.570. The molecule has 1 unspecified atom stereocenters. The second-order valence-electron chi connectivity index (χ2n) is 3.58.